The average molecular weight is 365 g/mol. The second kappa shape index (κ2) is 6.27. The molecule has 1 saturated heterocycles. The highest BCUT2D eigenvalue weighted by atomic mass is 16.5. The normalized spacial score (nSPS) is 24.0. The molecule has 4 aliphatic heterocycles. The first-order valence-corrected chi connectivity index (χ1v) is 9.60. The van der Waals surface area contributed by atoms with Crippen LogP contribution in [0.15, 0.2) is 36.4 Å². The third kappa shape index (κ3) is 2.38. The summed E-state index contributed by atoms with van der Waals surface area (Å²) in [5.74, 6) is 1.79. The van der Waals surface area contributed by atoms with E-state index in [-0.39, 0.29) is 5.91 Å². The predicted molar refractivity (Wildman–Crippen MR) is 102 cm³/mol. The largest absolute Gasteiger partial charge is 0.493 e. The van der Waals surface area contributed by atoms with Gasteiger partial charge in [-0.1, -0.05) is 18.2 Å². The maximum atomic E-state index is 13.1. The molecule has 1 fully saturated rings. The van der Waals surface area contributed by atoms with Crippen molar-refractivity contribution in [3.63, 3.8) is 0 Å². The van der Waals surface area contributed by atoms with Crippen LogP contribution in [0.3, 0.4) is 0 Å². The Bertz CT molecular complexity index is 898. The molecular weight excluding hydrogens is 342 g/mol. The van der Waals surface area contributed by atoms with E-state index in [4.69, 9.17) is 14.2 Å². The van der Waals surface area contributed by atoms with Crippen LogP contribution in [0.1, 0.15) is 29.5 Å². The molecule has 5 nitrogen and oxygen atoms in total. The van der Waals surface area contributed by atoms with Crippen LogP contribution in [0.5, 0.6) is 11.5 Å². The van der Waals surface area contributed by atoms with Crippen molar-refractivity contribution in [3.05, 3.63) is 53.1 Å². The summed E-state index contributed by atoms with van der Waals surface area (Å²) < 4.78 is 16.6. The molecule has 6 rings (SSSR count). The molecule has 0 bridgehead atoms. The van der Waals surface area contributed by atoms with Gasteiger partial charge in [-0.2, -0.15) is 0 Å². The van der Waals surface area contributed by atoms with Gasteiger partial charge in [0, 0.05) is 43.5 Å². The molecule has 2 aromatic carbocycles. The molecule has 27 heavy (non-hydrogen) atoms. The monoisotopic (exact) mass is 365 g/mol. The minimum Gasteiger partial charge on any atom is -0.493 e. The minimum atomic E-state index is -0.721. The van der Waals surface area contributed by atoms with E-state index >= 15 is 0 Å². The highest BCUT2D eigenvalue weighted by Crippen LogP contribution is 2.53. The Morgan fingerprint density at radius 2 is 1.78 bits per heavy atom. The summed E-state index contributed by atoms with van der Waals surface area (Å²) in [6, 6.07) is 12.0. The van der Waals surface area contributed by atoms with Crippen molar-refractivity contribution >= 4 is 11.6 Å². The summed E-state index contributed by atoms with van der Waals surface area (Å²) >= 11 is 0. The van der Waals surface area contributed by atoms with Crippen LogP contribution >= 0.6 is 0 Å². The van der Waals surface area contributed by atoms with Crippen LogP contribution in [0.25, 0.3) is 0 Å². The zero-order chi connectivity index (χ0) is 18.4. The average Bonchev–Trinajstić information content (AvgIpc) is 3.48. The van der Waals surface area contributed by atoms with Gasteiger partial charge in [0.2, 0.25) is 5.91 Å². The fourth-order valence-corrected chi connectivity index (χ4v) is 4.47. The Hall–Kier alpha value is -2.53. The van der Waals surface area contributed by atoms with Crippen LogP contribution in [0, 0.1) is 0 Å². The van der Waals surface area contributed by atoms with E-state index in [2.05, 4.69) is 0 Å². The standard InChI is InChI=1S/C18H15NO3.C4H8O/c1-19-14-5-3-2-4-12(14)18(17(19)20)10-22-16-8-11-6-7-21-15(11)9-13(16)18;1-2-4-5-3-1/h2-5,8-9H,6-7,10H2,1H3;1-4H2. The Balaban J connectivity index is 0.000000280. The van der Waals surface area contributed by atoms with Gasteiger partial charge in [0.15, 0.2) is 0 Å². The molecule has 1 amide bonds. The first-order chi connectivity index (χ1) is 13.2. The van der Waals surface area contributed by atoms with Gasteiger partial charge in [-0.15, -0.1) is 0 Å². The molecule has 1 atom stereocenters. The number of carbonyl (C=O) groups excluding carboxylic acids is 1. The van der Waals surface area contributed by atoms with Gasteiger partial charge in [0.25, 0.3) is 0 Å². The van der Waals surface area contributed by atoms with Gasteiger partial charge in [-0.25, -0.2) is 0 Å². The van der Waals surface area contributed by atoms with Crippen molar-refractivity contribution in [2.45, 2.75) is 24.7 Å². The van der Waals surface area contributed by atoms with Crippen molar-refractivity contribution in [3.8, 4) is 11.5 Å². The molecule has 5 heteroatoms. The molecule has 1 spiro atoms. The van der Waals surface area contributed by atoms with Crippen molar-refractivity contribution in [1.82, 2.24) is 0 Å². The van der Waals surface area contributed by atoms with E-state index in [1.165, 1.54) is 18.4 Å². The molecule has 4 heterocycles. The van der Waals surface area contributed by atoms with Crippen LogP contribution in [-0.4, -0.2) is 39.4 Å². The number of hydrogen-bond acceptors (Lipinski definition) is 4. The van der Waals surface area contributed by atoms with Gasteiger partial charge >= 0.3 is 0 Å². The number of fused-ring (bicyclic) bond motifs is 5. The number of para-hydroxylation sites is 1. The highest BCUT2D eigenvalue weighted by Gasteiger charge is 2.56. The van der Waals surface area contributed by atoms with E-state index in [0.29, 0.717) is 13.2 Å². The molecule has 0 aliphatic carbocycles. The number of amides is 1. The van der Waals surface area contributed by atoms with Crippen LogP contribution < -0.4 is 14.4 Å². The minimum absolute atomic E-state index is 0.0744. The summed E-state index contributed by atoms with van der Waals surface area (Å²) in [5, 5.41) is 0. The van der Waals surface area contributed by atoms with Crippen molar-refractivity contribution in [2.75, 3.05) is 38.4 Å². The summed E-state index contributed by atoms with van der Waals surface area (Å²) in [7, 11) is 1.83. The van der Waals surface area contributed by atoms with Crippen LogP contribution in [0.4, 0.5) is 5.69 Å². The summed E-state index contributed by atoms with van der Waals surface area (Å²) in [5.41, 5.74) is 3.38. The van der Waals surface area contributed by atoms with Gasteiger partial charge in [-0.05, 0) is 36.6 Å². The second-order valence-corrected chi connectivity index (χ2v) is 7.45. The van der Waals surface area contributed by atoms with E-state index in [1.54, 1.807) is 4.90 Å². The summed E-state index contributed by atoms with van der Waals surface area (Å²) in [6.45, 7) is 3.07. The van der Waals surface area contributed by atoms with E-state index in [9.17, 15) is 4.79 Å². The van der Waals surface area contributed by atoms with Crippen molar-refractivity contribution in [2.24, 2.45) is 0 Å². The second-order valence-electron chi connectivity index (χ2n) is 7.45. The molecule has 2 aromatic rings. The molecular formula is C22H23NO4. The smallest absolute Gasteiger partial charge is 0.245 e. The molecule has 0 saturated carbocycles. The first-order valence-electron chi connectivity index (χ1n) is 9.60. The first kappa shape index (κ1) is 16.6. The van der Waals surface area contributed by atoms with Crippen LogP contribution in [0.2, 0.25) is 0 Å². The quantitative estimate of drug-likeness (QED) is 0.720. The maximum Gasteiger partial charge on any atom is 0.245 e. The molecule has 140 valence electrons. The number of nitrogens with zero attached hydrogens (tertiary/aromatic N) is 1. The SMILES string of the molecule is C1CCOC1.CN1C(=O)C2(COc3cc4c(cc32)OCC4)c2ccccc21. The number of benzene rings is 2. The number of likely N-dealkylation sites (N-methyl/N-ethyl adjacent to an activating group) is 1. The Labute approximate surface area is 158 Å². The number of hydrogen-bond donors (Lipinski definition) is 0. The van der Waals surface area contributed by atoms with Crippen LogP contribution in [-0.2, 0) is 21.4 Å². The van der Waals surface area contributed by atoms with E-state index in [0.717, 1.165) is 47.9 Å². The molecule has 0 aromatic heterocycles. The van der Waals surface area contributed by atoms with Gasteiger partial charge in [-0.3, -0.25) is 4.79 Å². The van der Waals surface area contributed by atoms with E-state index in [1.807, 2.05) is 43.4 Å². The molecule has 4 aliphatic rings. The third-order valence-corrected chi connectivity index (χ3v) is 5.92. The van der Waals surface area contributed by atoms with Crippen molar-refractivity contribution in [1.29, 1.82) is 0 Å². The molecule has 1 unspecified atom stereocenters. The highest BCUT2D eigenvalue weighted by molar-refractivity contribution is 6.11. The fourth-order valence-electron chi connectivity index (χ4n) is 4.47. The summed E-state index contributed by atoms with van der Waals surface area (Å²) in [6.07, 6.45) is 3.46. The third-order valence-electron chi connectivity index (χ3n) is 5.92. The lowest BCUT2D eigenvalue weighted by molar-refractivity contribution is -0.121. The fraction of sp³-hybridized carbons (Fsp3) is 0.409. The lowest BCUT2D eigenvalue weighted by Crippen LogP contribution is -2.40. The number of ether oxygens (including phenoxy) is 3. The van der Waals surface area contributed by atoms with Gasteiger partial charge in [0.05, 0.1) is 6.61 Å². The Kier molecular flexibility index (Phi) is 3.86. The zero-order valence-electron chi connectivity index (χ0n) is 15.5. The topological polar surface area (TPSA) is 48.0 Å². The zero-order valence-corrected chi connectivity index (χ0v) is 15.5. The Morgan fingerprint density at radius 3 is 2.56 bits per heavy atom. The van der Waals surface area contributed by atoms with E-state index < -0.39 is 5.41 Å². The molecule has 0 radical (unpaired) electrons. The Morgan fingerprint density at radius 1 is 0.963 bits per heavy atom. The number of anilines is 1. The lowest BCUT2D eigenvalue weighted by atomic mass is 9.77. The molecule has 0 N–H and O–H groups in total. The lowest BCUT2D eigenvalue weighted by Gasteiger charge is -2.21. The number of rotatable bonds is 0. The maximum absolute atomic E-state index is 13.1. The summed E-state index contributed by atoms with van der Waals surface area (Å²) in [4.78, 5) is 14.8. The van der Waals surface area contributed by atoms with Gasteiger partial charge < -0.3 is 19.1 Å². The number of carbonyl (C=O) groups is 1. The van der Waals surface area contributed by atoms with Crippen molar-refractivity contribution < 1.29 is 19.0 Å². The predicted octanol–water partition coefficient (Wildman–Crippen LogP) is 3.07. The van der Waals surface area contributed by atoms with Gasteiger partial charge in [0.1, 0.15) is 23.5 Å².